The van der Waals surface area contributed by atoms with E-state index in [1.807, 2.05) is 17.5 Å². The van der Waals surface area contributed by atoms with E-state index in [2.05, 4.69) is 10.6 Å². The number of urea groups is 1. The molecule has 0 fully saturated rings. The van der Waals surface area contributed by atoms with Crippen LogP contribution in [0.25, 0.3) is 0 Å². The number of anilines is 1. The van der Waals surface area contributed by atoms with Crippen molar-refractivity contribution in [2.24, 2.45) is 0 Å². The Bertz CT molecular complexity index is 594. The van der Waals surface area contributed by atoms with Crippen LogP contribution >= 0.6 is 11.3 Å². The molecule has 1 aromatic carbocycles. The Kier molecular flexibility index (Phi) is 5.34. The van der Waals surface area contributed by atoms with E-state index in [0.717, 1.165) is 4.88 Å². The van der Waals surface area contributed by atoms with Crippen molar-refractivity contribution < 1.29 is 14.3 Å². The van der Waals surface area contributed by atoms with Crippen LogP contribution in [0.1, 0.15) is 22.2 Å². The van der Waals surface area contributed by atoms with Crippen LogP contribution in [0.4, 0.5) is 10.5 Å². The number of esters is 1. The molecule has 1 heterocycles. The minimum absolute atomic E-state index is 0.285. The molecule has 0 unspecified atom stereocenters. The van der Waals surface area contributed by atoms with Crippen molar-refractivity contribution in [2.45, 2.75) is 13.5 Å². The molecule has 0 bridgehead atoms. The van der Waals surface area contributed by atoms with Gasteiger partial charge >= 0.3 is 12.0 Å². The van der Waals surface area contributed by atoms with Gasteiger partial charge < -0.3 is 15.4 Å². The summed E-state index contributed by atoms with van der Waals surface area (Å²) in [5.41, 5.74) is 1.08. The van der Waals surface area contributed by atoms with Gasteiger partial charge in [-0.15, -0.1) is 11.3 Å². The van der Waals surface area contributed by atoms with Crippen molar-refractivity contribution in [3.8, 4) is 0 Å². The van der Waals surface area contributed by atoms with Gasteiger partial charge in [0, 0.05) is 10.6 Å². The second-order valence-corrected chi connectivity index (χ2v) is 5.22. The maximum atomic E-state index is 11.7. The fraction of sp³-hybridized carbons (Fsp3) is 0.200. The van der Waals surface area contributed by atoms with Crippen molar-refractivity contribution >= 4 is 29.0 Å². The standard InChI is InChI=1S/C15H16N2O3S/c1-2-20-14(18)11-5-7-12(8-6-11)17-15(19)16-10-13-4-3-9-21-13/h3-9H,2,10H2,1H3,(H2,16,17,19). The van der Waals surface area contributed by atoms with E-state index >= 15 is 0 Å². The van der Waals surface area contributed by atoms with Gasteiger partial charge in [0.25, 0.3) is 0 Å². The Labute approximate surface area is 126 Å². The van der Waals surface area contributed by atoms with Gasteiger partial charge in [0.15, 0.2) is 0 Å². The van der Waals surface area contributed by atoms with Crippen LogP contribution in [0.15, 0.2) is 41.8 Å². The average molecular weight is 304 g/mol. The van der Waals surface area contributed by atoms with Crippen LogP contribution in [-0.4, -0.2) is 18.6 Å². The predicted molar refractivity (Wildman–Crippen MR) is 82.6 cm³/mol. The maximum absolute atomic E-state index is 11.7. The van der Waals surface area contributed by atoms with E-state index in [0.29, 0.717) is 24.4 Å². The largest absolute Gasteiger partial charge is 0.462 e. The molecule has 0 atom stereocenters. The summed E-state index contributed by atoms with van der Waals surface area (Å²) in [4.78, 5) is 24.3. The predicted octanol–water partition coefficient (Wildman–Crippen LogP) is 3.25. The molecule has 1 aromatic heterocycles. The van der Waals surface area contributed by atoms with Crippen molar-refractivity contribution in [1.82, 2.24) is 5.32 Å². The van der Waals surface area contributed by atoms with E-state index in [-0.39, 0.29) is 12.0 Å². The van der Waals surface area contributed by atoms with Crippen LogP contribution in [0.3, 0.4) is 0 Å². The van der Waals surface area contributed by atoms with Gasteiger partial charge in [0.1, 0.15) is 0 Å². The summed E-state index contributed by atoms with van der Waals surface area (Å²) in [6.07, 6.45) is 0. The summed E-state index contributed by atoms with van der Waals surface area (Å²) in [7, 11) is 0. The third-order valence-corrected chi connectivity index (χ3v) is 3.53. The number of benzene rings is 1. The van der Waals surface area contributed by atoms with Crippen molar-refractivity contribution in [3.05, 3.63) is 52.2 Å². The normalized spacial score (nSPS) is 9.95. The fourth-order valence-corrected chi connectivity index (χ4v) is 2.30. The molecule has 0 radical (unpaired) electrons. The summed E-state index contributed by atoms with van der Waals surface area (Å²) in [6, 6.07) is 10.2. The van der Waals surface area contributed by atoms with Crippen molar-refractivity contribution in [1.29, 1.82) is 0 Å². The molecular weight excluding hydrogens is 288 g/mol. The Hall–Kier alpha value is -2.34. The second kappa shape index (κ2) is 7.44. The van der Waals surface area contributed by atoms with E-state index in [1.165, 1.54) is 0 Å². The monoisotopic (exact) mass is 304 g/mol. The fourth-order valence-electron chi connectivity index (χ4n) is 1.66. The van der Waals surface area contributed by atoms with E-state index in [9.17, 15) is 9.59 Å². The molecule has 2 N–H and O–H groups in total. The zero-order valence-corrected chi connectivity index (χ0v) is 12.4. The van der Waals surface area contributed by atoms with E-state index in [4.69, 9.17) is 4.74 Å². The maximum Gasteiger partial charge on any atom is 0.338 e. The van der Waals surface area contributed by atoms with Gasteiger partial charge in [-0.2, -0.15) is 0 Å². The van der Waals surface area contributed by atoms with Crippen LogP contribution in [0, 0.1) is 0 Å². The Morgan fingerprint density at radius 2 is 1.95 bits per heavy atom. The summed E-state index contributed by atoms with van der Waals surface area (Å²) >= 11 is 1.59. The molecule has 110 valence electrons. The van der Waals surface area contributed by atoms with Crippen LogP contribution in [0.2, 0.25) is 0 Å². The molecule has 0 spiro atoms. The topological polar surface area (TPSA) is 67.4 Å². The summed E-state index contributed by atoms with van der Waals surface area (Å²) in [5, 5.41) is 7.43. The lowest BCUT2D eigenvalue weighted by molar-refractivity contribution is 0.0526. The van der Waals surface area contributed by atoms with Crippen LogP contribution < -0.4 is 10.6 Å². The second-order valence-electron chi connectivity index (χ2n) is 4.18. The summed E-state index contributed by atoms with van der Waals surface area (Å²) < 4.78 is 4.89. The van der Waals surface area contributed by atoms with Crippen molar-refractivity contribution in [2.75, 3.05) is 11.9 Å². The van der Waals surface area contributed by atoms with E-state index in [1.54, 1.807) is 42.5 Å². The smallest absolute Gasteiger partial charge is 0.338 e. The molecule has 2 amide bonds. The van der Waals surface area contributed by atoms with Crippen LogP contribution in [0.5, 0.6) is 0 Å². The molecule has 0 aliphatic heterocycles. The number of thiophene rings is 1. The number of rotatable bonds is 5. The minimum atomic E-state index is -0.369. The third kappa shape index (κ3) is 4.61. The number of carbonyl (C=O) groups excluding carboxylic acids is 2. The molecule has 0 saturated heterocycles. The summed E-state index contributed by atoms with van der Waals surface area (Å²) in [5.74, 6) is -0.369. The highest BCUT2D eigenvalue weighted by Gasteiger charge is 2.07. The number of hydrogen-bond donors (Lipinski definition) is 2. The lowest BCUT2D eigenvalue weighted by Gasteiger charge is -2.07. The Morgan fingerprint density at radius 3 is 2.57 bits per heavy atom. The molecule has 6 heteroatoms. The molecular formula is C15H16N2O3S. The first kappa shape index (κ1) is 15.1. The van der Waals surface area contributed by atoms with Crippen molar-refractivity contribution in [3.63, 3.8) is 0 Å². The van der Waals surface area contributed by atoms with Gasteiger partial charge in [-0.05, 0) is 42.6 Å². The highest BCUT2D eigenvalue weighted by atomic mass is 32.1. The highest BCUT2D eigenvalue weighted by molar-refractivity contribution is 7.09. The van der Waals surface area contributed by atoms with Crippen LogP contribution in [-0.2, 0) is 11.3 Å². The van der Waals surface area contributed by atoms with Gasteiger partial charge in [-0.25, -0.2) is 9.59 Å². The van der Waals surface area contributed by atoms with Gasteiger partial charge in [0.2, 0.25) is 0 Å². The first-order valence-corrected chi connectivity index (χ1v) is 7.41. The SMILES string of the molecule is CCOC(=O)c1ccc(NC(=O)NCc2cccs2)cc1. The first-order chi connectivity index (χ1) is 10.2. The van der Waals surface area contributed by atoms with E-state index < -0.39 is 0 Å². The van der Waals surface area contributed by atoms with Gasteiger partial charge in [-0.1, -0.05) is 6.07 Å². The number of carbonyl (C=O) groups is 2. The first-order valence-electron chi connectivity index (χ1n) is 6.53. The number of ether oxygens (including phenoxy) is 1. The zero-order valence-electron chi connectivity index (χ0n) is 11.6. The third-order valence-electron chi connectivity index (χ3n) is 2.66. The molecule has 2 rings (SSSR count). The molecule has 2 aromatic rings. The van der Waals surface area contributed by atoms with Gasteiger partial charge in [0.05, 0.1) is 18.7 Å². The Morgan fingerprint density at radius 1 is 1.19 bits per heavy atom. The molecule has 0 aliphatic carbocycles. The number of hydrogen-bond acceptors (Lipinski definition) is 4. The number of nitrogens with one attached hydrogen (secondary N) is 2. The minimum Gasteiger partial charge on any atom is -0.462 e. The highest BCUT2D eigenvalue weighted by Crippen LogP contribution is 2.11. The average Bonchev–Trinajstić information content (AvgIpc) is 2.99. The number of amides is 2. The Balaban J connectivity index is 1.85. The van der Waals surface area contributed by atoms with Gasteiger partial charge in [-0.3, -0.25) is 0 Å². The molecule has 5 nitrogen and oxygen atoms in total. The molecule has 0 saturated carbocycles. The summed E-state index contributed by atoms with van der Waals surface area (Å²) in [6.45, 7) is 2.58. The molecule has 21 heavy (non-hydrogen) atoms. The molecule has 0 aliphatic rings. The lowest BCUT2D eigenvalue weighted by Crippen LogP contribution is -2.27. The quantitative estimate of drug-likeness (QED) is 0.833. The zero-order chi connectivity index (χ0) is 15.1. The lowest BCUT2D eigenvalue weighted by atomic mass is 10.2.